The van der Waals surface area contributed by atoms with E-state index in [9.17, 15) is 25.0 Å². The Balaban J connectivity index is 1.54. The van der Waals surface area contributed by atoms with Crippen molar-refractivity contribution in [2.24, 2.45) is 0 Å². The first kappa shape index (κ1) is 24.1. The predicted molar refractivity (Wildman–Crippen MR) is 113 cm³/mol. The van der Waals surface area contributed by atoms with Gasteiger partial charge in [0.1, 0.15) is 30.4 Å². The van der Waals surface area contributed by atoms with Crippen LogP contribution in [-0.2, 0) is 20.4 Å². The van der Waals surface area contributed by atoms with E-state index in [1.54, 1.807) is 0 Å². The topological polar surface area (TPSA) is 222 Å². The smallest absolute Gasteiger partial charge is 0.469 e. The molecule has 0 radical (unpaired) electrons. The van der Waals surface area contributed by atoms with Crippen molar-refractivity contribution in [3.05, 3.63) is 30.4 Å². The van der Waals surface area contributed by atoms with Gasteiger partial charge in [-0.3, -0.25) is 9.09 Å². The summed E-state index contributed by atoms with van der Waals surface area (Å²) < 4.78 is 27.1. The number of phenols is 2. The molecule has 0 amide bonds. The molecule has 3 aromatic rings. The van der Waals surface area contributed by atoms with Gasteiger partial charge in [-0.1, -0.05) is 0 Å². The van der Waals surface area contributed by atoms with Gasteiger partial charge >= 0.3 is 7.82 Å². The fourth-order valence-corrected chi connectivity index (χ4v) is 3.86. The van der Waals surface area contributed by atoms with E-state index in [1.807, 2.05) is 0 Å². The van der Waals surface area contributed by atoms with E-state index in [1.165, 1.54) is 36.5 Å². The Hall–Kier alpha value is -3.04. The van der Waals surface area contributed by atoms with Gasteiger partial charge in [0.25, 0.3) is 0 Å². The van der Waals surface area contributed by atoms with Crippen LogP contribution in [0.15, 0.2) is 24.8 Å². The van der Waals surface area contributed by atoms with Crippen molar-refractivity contribution in [1.82, 2.24) is 19.5 Å². The highest BCUT2D eigenvalue weighted by molar-refractivity contribution is 7.46. The van der Waals surface area contributed by atoms with Gasteiger partial charge in [-0.05, 0) is 6.07 Å². The molecule has 4 atom stereocenters. The average Bonchev–Trinajstić information content (AvgIpc) is 3.33. The lowest BCUT2D eigenvalue weighted by atomic mass is 10.1. The maximum absolute atomic E-state index is 10.9. The first-order valence-corrected chi connectivity index (χ1v) is 11.3. The van der Waals surface area contributed by atoms with Crippen molar-refractivity contribution in [2.75, 3.05) is 19.0 Å². The number of anilines is 1. The fourth-order valence-electron chi connectivity index (χ4n) is 3.52. The monoisotopic (exact) mass is 499 g/mol. The number of phosphoric ester groups is 1. The maximum atomic E-state index is 10.9. The number of ether oxygens (including phenoxy) is 2. The number of hydrogen-bond donors (Lipinski definition) is 7. The molecule has 34 heavy (non-hydrogen) atoms. The molecule has 1 aliphatic heterocycles. The molecule has 3 heterocycles. The van der Waals surface area contributed by atoms with Crippen molar-refractivity contribution < 1.29 is 48.8 Å². The second kappa shape index (κ2) is 9.31. The SMILES string of the molecule is COc1cc(O)c(CNc2ncnc3c2ncn3[C@@H]2O[C@H](COP(=O)(O)O)[C@@H](O)[C@H]2O)cc1O. The molecule has 7 N–H and O–H groups in total. The zero-order valence-electron chi connectivity index (χ0n) is 17.6. The van der Waals surface area contributed by atoms with Gasteiger partial charge in [0, 0.05) is 18.2 Å². The fraction of sp³-hybridized carbons (Fsp3) is 0.389. The number of aromatic nitrogens is 4. The Kier molecular flexibility index (Phi) is 6.60. The van der Waals surface area contributed by atoms with Gasteiger partial charge in [-0.15, -0.1) is 0 Å². The standard InChI is InChI=1S/C18H22N5O10P/c1-31-11-3-9(24)8(2-10(11)25)4-19-16-13-17(21-6-20-16)23(7-22-13)18-15(27)14(26)12(33-18)5-32-34(28,29)30/h2-3,6-7,12,14-15,18,24-27H,4-5H2,1H3,(H,19,20,21)(H2,28,29,30)/t12-,14-,15-,18-/m1/s1. The summed E-state index contributed by atoms with van der Waals surface area (Å²) >= 11 is 0. The van der Waals surface area contributed by atoms with Gasteiger partial charge in [0.2, 0.25) is 0 Å². The third-order valence-corrected chi connectivity index (χ3v) is 5.69. The van der Waals surface area contributed by atoms with Crippen LogP contribution in [0.1, 0.15) is 11.8 Å². The molecule has 1 fully saturated rings. The Morgan fingerprint density at radius 2 is 1.91 bits per heavy atom. The van der Waals surface area contributed by atoms with Crippen molar-refractivity contribution in [1.29, 1.82) is 0 Å². The second-order valence-corrected chi connectivity index (χ2v) is 8.62. The molecule has 0 spiro atoms. The Bertz CT molecular complexity index is 1230. The molecule has 0 aliphatic carbocycles. The van der Waals surface area contributed by atoms with Crippen molar-refractivity contribution >= 4 is 24.8 Å². The lowest BCUT2D eigenvalue weighted by Gasteiger charge is -2.16. The van der Waals surface area contributed by atoms with Crippen molar-refractivity contribution in [3.63, 3.8) is 0 Å². The third kappa shape index (κ3) is 4.76. The first-order valence-electron chi connectivity index (χ1n) is 9.81. The summed E-state index contributed by atoms with van der Waals surface area (Å²) in [5, 5.41) is 43.7. The molecule has 1 aromatic carbocycles. The van der Waals surface area contributed by atoms with Gasteiger partial charge in [0.05, 0.1) is 20.0 Å². The number of fused-ring (bicyclic) bond motifs is 1. The van der Waals surface area contributed by atoms with E-state index in [4.69, 9.17) is 19.3 Å². The zero-order valence-corrected chi connectivity index (χ0v) is 18.5. The van der Waals surface area contributed by atoms with Crippen LogP contribution in [0.3, 0.4) is 0 Å². The molecule has 2 aromatic heterocycles. The Morgan fingerprint density at radius 1 is 1.15 bits per heavy atom. The van der Waals surface area contributed by atoms with E-state index in [2.05, 4.69) is 24.8 Å². The van der Waals surface area contributed by atoms with Crippen LogP contribution < -0.4 is 10.1 Å². The number of imidazole rings is 1. The van der Waals surface area contributed by atoms with Crippen LogP contribution in [0, 0.1) is 0 Å². The number of methoxy groups -OCH3 is 1. The summed E-state index contributed by atoms with van der Waals surface area (Å²) in [6, 6.07) is 2.61. The van der Waals surface area contributed by atoms with Crippen LogP contribution in [0.25, 0.3) is 11.2 Å². The van der Waals surface area contributed by atoms with Gasteiger partial charge in [-0.2, -0.15) is 0 Å². The molecule has 0 saturated carbocycles. The number of aliphatic hydroxyl groups excluding tert-OH is 2. The number of aromatic hydroxyl groups is 2. The highest BCUT2D eigenvalue weighted by atomic mass is 31.2. The van der Waals surface area contributed by atoms with Gasteiger partial charge < -0.3 is 45.0 Å². The highest BCUT2D eigenvalue weighted by Gasteiger charge is 2.45. The number of nitrogens with one attached hydrogen (secondary N) is 1. The average molecular weight is 499 g/mol. The van der Waals surface area contributed by atoms with E-state index < -0.39 is 39.0 Å². The van der Waals surface area contributed by atoms with Crippen LogP contribution in [-0.4, -0.2) is 81.8 Å². The zero-order chi connectivity index (χ0) is 24.6. The lowest BCUT2D eigenvalue weighted by molar-refractivity contribution is -0.0504. The molecule has 184 valence electrons. The Morgan fingerprint density at radius 3 is 2.62 bits per heavy atom. The number of benzene rings is 1. The van der Waals surface area contributed by atoms with Crippen LogP contribution in [0.5, 0.6) is 17.2 Å². The molecule has 1 saturated heterocycles. The first-order chi connectivity index (χ1) is 16.1. The normalized spacial score (nSPS) is 22.9. The van der Waals surface area contributed by atoms with E-state index in [-0.39, 0.29) is 40.8 Å². The van der Waals surface area contributed by atoms with Crippen molar-refractivity contribution in [2.45, 2.75) is 31.1 Å². The second-order valence-electron chi connectivity index (χ2n) is 7.39. The van der Waals surface area contributed by atoms with Crippen LogP contribution in [0.4, 0.5) is 5.82 Å². The predicted octanol–water partition coefficient (Wildman–Crippen LogP) is -0.413. The summed E-state index contributed by atoms with van der Waals surface area (Å²) in [6.45, 7) is -0.586. The number of phenolic OH excluding ortho intramolecular Hbond substituents is 2. The summed E-state index contributed by atoms with van der Waals surface area (Å²) in [7, 11) is -3.44. The third-order valence-electron chi connectivity index (χ3n) is 5.20. The maximum Gasteiger partial charge on any atom is 0.469 e. The molecule has 1 aliphatic rings. The van der Waals surface area contributed by atoms with E-state index in [0.717, 1.165) is 0 Å². The van der Waals surface area contributed by atoms with E-state index >= 15 is 0 Å². The summed E-state index contributed by atoms with van der Waals surface area (Å²) in [4.78, 5) is 30.2. The molecule has 16 heteroatoms. The molecular formula is C18H22N5O10P. The minimum absolute atomic E-state index is 0.0609. The molecule has 15 nitrogen and oxygen atoms in total. The lowest BCUT2D eigenvalue weighted by Crippen LogP contribution is -2.33. The van der Waals surface area contributed by atoms with Crippen molar-refractivity contribution in [3.8, 4) is 17.2 Å². The quantitative estimate of drug-likeness (QED) is 0.155. The van der Waals surface area contributed by atoms with Crippen LogP contribution >= 0.6 is 7.82 Å². The summed E-state index contributed by atoms with van der Waals surface area (Å²) in [5.41, 5.74) is 0.863. The molecule has 0 bridgehead atoms. The summed E-state index contributed by atoms with van der Waals surface area (Å²) in [6.07, 6.45) is -2.81. The number of nitrogens with zero attached hydrogens (tertiary/aromatic N) is 4. The summed E-state index contributed by atoms with van der Waals surface area (Å²) in [5.74, 6) is 0.120. The molecule has 0 unspecified atom stereocenters. The van der Waals surface area contributed by atoms with Gasteiger partial charge in [-0.25, -0.2) is 19.5 Å². The number of rotatable bonds is 8. The largest absolute Gasteiger partial charge is 0.507 e. The highest BCUT2D eigenvalue weighted by Crippen LogP contribution is 2.39. The number of hydrogen-bond acceptors (Lipinski definition) is 12. The number of aliphatic hydroxyl groups is 2. The molecular weight excluding hydrogens is 477 g/mol. The molecule has 4 rings (SSSR count). The minimum Gasteiger partial charge on any atom is -0.507 e. The van der Waals surface area contributed by atoms with Gasteiger partial charge in [0.15, 0.2) is 34.7 Å². The van der Waals surface area contributed by atoms with Crippen LogP contribution in [0.2, 0.25) is 0 Å². The van der Waals surface area contributed by atoms with E-state index in [0.29, 0.717) is 5.56 Å². The Labute approximate surface area is 191 Å². The minimum atomic E-state index is -4.80. The number of phosphoric acid groups is 1.